The molecule has 0 bridgehead atoms. The first-order valence-electron chi connectivity index (χ1n) is 7.35. The van der Waals surface area contributed by atoms with E-state index in [0.717, 1.165) is 35.6 Å². The molecule has 1 aromatic carbocycles. The van der Waals surface area contributed by atoms with Crippen molar-refractivity contribution in [3.8, 4) is 0 Å². The number of carbonyl (C=O) groups excluding carboxylic acids is 1. The third-order valence-corrected chi connectivity index (χ3v) is 4.94. The molecule has 1 amide bonds. The van der Waals surface area contributed by atoms with Crippen LogP contribution >= 0.6 is 11.3 Å². The standard InChI is InChI=1S/C16H16N4OS/c1-11-18-14(9-22-11)16(21)19-7-6-12(8-19)20-10-17-13-4-2-3-5-15(13)20/h2-5,9-10,12H,6-8H2,1H3/t12-/m0/s1. The second-order valence-electron chi connectivity index (χ2n) is 5.59. The number of hydrogen-bond donors (Lipinski definition) is 0. The average molecular weight is 312 g/mol. The molecule has 0 saturated carbocycles. The van der Waals surface area contributed by atoms with Gasteiger partial charge in [0.25, 0.3) is 5.91 Å². The Balaban J connectivity index is 1.56. The van der Waals surface area contributed by atoms with Crippen LogP contribution in [0.15, 0.2) is 36.0 Å². The second-order valence-corrected chi connectivity index (χ2v) is 6.65. The van der Waals surface area contributed by atoms with Crippen molar-refractivity contribution in [3.63, 3.8) is 0 Å². The highest BCUT2D eigenvalue weighted by Gasteiger charge is 2.29. The minimum absolute atomic E-state index is 0.0382. The summed E-state index contributed by atoms with van der Waals surface area (Å²) in [6.07, 6.45) is 2.84. The van der Waals surface area contributed by atoms with Crippen LogP contribution in [0.25, 0.3) is 11.0 Å². The van der Waals surface area contributed by atoms with Gasteiger partial charge in [-0.05, 0) is 25.5 Å². The molecule has 1 fully saturated rings. The van der Waals surface area contributed by atoms with Crippen molar-refractivity contribution >= 4 is 28.3 Å². The van der Waals surface area contributed by atoms with Crippen molar-refractivity contribution < 1.29 is 4.79 Å². The maximum absolute atomic E-state index is 12.5. The fourth-order valence-electron chi connectivity index (χ4n) is 3.05. The summed E-state index contributed by atoms with van der Waals surface area (Å²) in [6, 6.07) is 8.40. The molecule has 4 rings (SSSR count). The number of nitrogens with zero attached hydrogens (tertiary/aromatic N) is 4. The topological polar surface area (TPSA) is 51.0 Å². The molecule has 5 nitrogen and oxygen atoms in total. The first-order valence-corrected chi connectivity index (χ1v) is 8.23. The number of amides is 1. The molecule has 1 saturated heterocycles. The van der Waals surface area contributed by atoms with Gasteiger partial charge in [0.05, 0.1) is 28.4 Å². The quantitative estimate of drug-likeness (QED) is 0.731. The molecule has 1 aliphatic heterocycles. The van der Waals surface area contributed by atoms with Crippen molar-refractivity contribution in [2.45, 2.75) is 19.4 Å². The van der Waals surface area contributed by atoms with Crippen molar-refractivity contribution in [1.82, 2.24) is 19.4 Å². The predicted octanol–water partition coefficient (Wildman–Crippen LogP) is 2.89. The minimum atomic E-state index is 0.0382. The summed E-state index contributed by atoms with van der Waals surface area (Å²) in [5.74, 6) is 0.0382. The van der Waals surface area contributed by atoms with Crippen LogP contribution in [0, 0.1) is 6.92 Å². The molecule has 3 aromatic rings. The van der Waals surface area contributed by atoms with Crippen molar-refractivity contribution in [2.75, 3.05) is 13.1 Å². The van der Waals surface area contributed by atoms with Gasteiger partial charge in [-0.25, -0.2) is 9.97 Å². The Morgan fingerprint density at radius 3 is 3.05 bits per heavy atom. The summed E-state index contributed by atoms with van der Waals surface area (Å²) in [5.41, 5.74) is 2.70. The molecule has 0 spiro atoms. The lowest BCUT2D eigenvalue weighted by Gasteiger charge is -2.16. The summed E-state index contributed by atoms with van der Waals surface area (Å²) in [6.45, 7) is 3.41. The zero-order valence-electron chi connectivity index (χ0n) is 12.3. The van der Waals surface area contributed by atoms with Crippen LogP contribution in [0.2, 0.25) is 0 Å². The predicted molar refractivity (Wildman–Crippen MR) is 86.1 cm³/mol. The fraction of sp³-hybridized carbons (Fsp3) is 0.312. The number of likely N-dealkylation sites (tertiary alicyclic amines) is 1. The lowest BCUT2D eigenvalue weighted by molar-refractivity contribution is 0.0782. The Labute approximate surface area is 132 Å². The van der Waals surface area contributed by atoms with Crippen LogP contribution in [-0.2, 0) is 0 Å². The molecule has 0 radical (unpaired) electrons. The second kappa shape index (κ2) is 5.21. The fourth-order valence-corrected chi connectivity index (χ4v) is 3.63. The minimum Gasteiger partial charge on any atom is -0.335 e. The molecule has 2 aromatic heterocycles. The summed E-state index contributed by atoms with van der Waals surface area (Å²) in [4.78, 5) is 23.1. The smallest absolute Gasteiger partial charge is 0.273 e. The van der Waals surface area contributed by atoms with E-state index < -0.39 is 0 Å². The number of carbonyl (C=O) groups is 1. The Hall–Kier alpha value is -2.21. The van der Waals surface area contributed by atoms with E-state index in [1.54, 1.807) is 0 Å². The number of thiazole rings is 1. The SMILES string of the molecule is Cc1nc(C(=O)N2CC[C@H](n3cnc4ccccc43)C2)cs1. The zero-order valence-corrected chi connectivity index (χ0v) is 13.1. The largest absolute Gasteiger partial charge is 0.335 e. The lowest BCUT2D eigenvalue weighted by atomic mass is 10.2. The first kappa shape index (κ1) is 13.5. The number of rotatable bonds is 2. The molecule has 1 atom stereocenters. The highest BCUT2D eigenvalue weighted by molar-refractivity contribution is 7.09. The zero-order chi connectivity index (χ0) is 15.1. The van der Waals surface area contributed by atoms with Gasteiger partial charge in [-0.15, -0.1) is 11.3 Å². The first-order chi connectivity index (χ1) is 10.7. The molecular formula is C16H16N4OS. The molecule has 3 heterocycles. The van der Waals surface area contributed by atoms with E-state index in [-0.39, 0.29) is 11.9 Å². The molecular weight excluding hydrogens is 296 g/mol. The molecule has 0 N–H and O–H groups in total. The Morgan fingerprint density at radius 1 is 1.36 bits per heavy atom. The van der Waals surface area contributed by atoms with E-state index in [0.29, 0.717) is 5.69 Å². The van der Waals surface area contributed by atoms with E-state index in [1.807, 2.05) is 41.7 Å². The van der Waals surface area contributed by atoms with Crippen LogP contribution in [0.4, 0.5) is 0 Å². The molecule has 6 heteroatoms. The van der Waals surface area contributed by atoms with Crippen LogP contribution in [-0.4, -0.2) is 38.4 Å². The highest BCUT2D eigenvalue weighted by Crippen LogP contribution is 2.27. The Bertz CT molecular complexity index is 837. The monoisotopic (exact) mass is 312 g/mol. The van der Waals surface area contributed by atoms with Crippen LogP contribution < -0.4 is 0 Å². The summed E-state index contributed by atoms with van der Waals surface area (Å²) < 4.78 is 2.19. The van der Waals surface area contributed by atoms with Crippen molar-refractivity contribution in [1.29, 1.82) is 0 Å². The molecule has 1 aliphatic rings. The van der Waals surface area contributed by atoms with Crippen LogP contribution in [0.3, 0.4) is 0 Å². The van der Waals surface area contributed by atoms with Gasteiger partial charge < -0.3 is 9.47 Å². The molecule has 22 heavy (non-hydrogen) atoms. The number of hydrogen-bond acceptors (Lipinski definition) is 4. The van der Waals surface area contributed by atoms with Crippen LogP contribution in [0.5, 0.6) is 0 Å². The third kappa shape index (κ3) is 2.20. The van der Waals surface area contributed by atoms with Gasteiger partial charge in [-0.1, -0.05) is 12.1 Å². The number of benzene rings is 1. The van der Waals surface area contributed by atoms with E-state index in [1.165, 1.54) is 11.3 Å². The molecule has 0 unspecified atom stereocenters. The van der Waals surface area contributed by atoms with E-state index >= 15 is 0 Å². The molecule has 112 valence electrons. The van der Waals surface area contributed by atoms with Crippen molar-refractivity contribution in [3.05, 3.63) is 46.7 Å². The number of fused-ring (bicyclic) bond motifs is 1. The van der Waals surface area contributed by atoms with Gasteiger partial charge in [0.1, 0.15) is 5.69 Å². The van der Waals surface area contributed by atoms with Crippen molar-refractivity contribution in [2.24, 2.45) is 0 Å². The number of para-hydroxylation sites is 2. The Kier molecular flexibility index (Phi) is 3.18. The number of aryl methyl sites for hydroxylation is 1. The third-order valence-electron chi connectivity index (χ3n) is 4.16. The van der Waals surface area contributed by atoms with Gasteiger partial charge in [-0.3, -0.25) is 4.79 Å². The summed E-state index contributed by atoms with van der Waals surface area (Å²) >= 11 is 1.52. The maximum atomic E-state index is 12.5. The highest BCUT2D eigenvalue weighted by atomic mass is 32.1. The normalized spacial score (nSPS) is 18.2. The maximum Gasteiger partial charge on any atom is 0.273 e. The summed E-state index contributed by atoms with van der Waals surface area (Å²) in [5, 5.41) is 2.78. The number of aromatic nitrogens is 3. The average Bonchev–Trinajstić information content (AvgIpc) is 3.24. The van der Waals surface area contributed by atoms with Gasteiger partial charge in [0, 0.05) is 18.5 Å². The lowest BCUT2D eigenvalue weighted by Crippen LogP contribution is -2.29. The van der Waals surface area contributed by atoms with Gasteiger partial charge >= 0.3 is 0 Å². The van der Waals surface area contributed by atoms with E-state index in [4.69, 9.17) is 0 Å². The summed E-state index contributed by atoms with van der Waals surface area (Å²) in [7, 11) is 0. The van der Waals surface area contributed by atoms with E-state index in [2.05, 4.69) is 20.6 Å². The van der Waals surface area contributed by atoms with Gasteiger partial charge in [-0.2, -0.15) is 0 Å². The Morgan fingerprint density at radius 2 is 2.23 bits per heavy atom. The van der Waals surface area contributed by atoms with Gasteiger partial charge in [0.2, 0.25) is 0 Å². The van der Waals surface area contributed by atoms with Crippen LogP contribution in [0.1, 0.15) is 28.0 Å². The number of imidazole rings is 1. The molecule has 0 aliphatic carbocycles. The van der Waals surface area contributed by atoms with E-state index in [9.17, 15) is 4.79 Å². The van der Waals surface area contributed by atoms with Gasteiger partial charge in [0.15, 0.2) is 0 Å².